The molecule has 1 unspecified atom stereocenters. The van der Waals surface area contributed by atoms with Gasteiger partial charge < -0.3 is 4.74 Å². The number of hydrogen-bond donors (Lipinski definition) is 0. The summed E-state index contributed by atoms with van der Waals surface area (Å²) in [5.41, 5.74) is 2.42. The van der Waals surface area contributed by atoms with Gasteiger partial charge in [0.1, 0.15) is 5.75 Å². The fourth-order valence-electron chi connectivity index (χ4n) is 4.13. The molecular formula is C23H28N4OS. The summed E-state index contributed by atoms with van der Waals surface area (Å²) >= 11 is 5.84. The lowest BCUT2D eigenvalue weighted by Crippen LogP contribution is -2.27. The lowest BCUT2D eigenvalue weighted by atomic mass is 10.1. The molecule has 0 bridgehead atoms. The Hall–Kier alpha value is -2.44. The van der Waals surface area contributed by atoms with E-state index in [1.165, 1.54) is 18.4 Å². The van der Waals surface area contributed by atoms with Crippen LogP contribution in [0.2, 0.25) is 0 Å². The van der Waals surface area contributed by atoms with E-state index in [0.717, 1.165) is 28.5 Å². The van der Waals surface area contributed by atoms with Crippen LogP contribution in [-0.4, -0.2) is 32.9 Å². The summed E-state index contributed by atoms with van der Waals surface area (Å²) in [7, 11) is 1.68. The molecule has 1 aliphatic heterocycles. The van der Waals surface area contributed by atoms with Gasteiger partial charge in [0.05, 0.1) is 13.8 Å². The maximum atomic E-state index is 5.84. The van der Waals surface area contributed by atoms with Gasteiger partial charge >= 0.3 is 0 Å². The van der Waals surface area contributed by atoms with E-state index in [-0.39, 0.29) is 6.04 Å². The number of rotatable bonds is 6. The van der Waals surface area contributed by atoms with E-state index in [2.05, 4.69) is 53.6 Å². The summed E-state index contributed by atoms with van der Waals surface area (Å²) in [5, 5.41) is 4.94. The summed E-state index contributed by atoms with van der Waals surface area (Å²) in [4.78, 5) is 2.49. The predicted molar refractivity (Wildman–Crippen MR) is 119 cm³/mol. The fraction of sp³-hybridized carbons (Fsp3) is 0.391. The van der Waals surface area contributed by atoms with Gasteiger partial charge in [-0.25, -0.2) is 4.68 Å². The first-order chi connectivity index (χ1) is 14.1. The number of benzene rings is 2. The zero-order valence-electron chi connectivity index (χ0n) is 17.3. The average Bonchev–Trinajstić information content (AvgIpc) is 3.34. The van der Waals surface area contributed by atoms with Crippen LogP contribution in [0.15, 0.2) is 54.6 Å². The van der Waals surface area contributed by atoms with E-state index in [1.54, 1.807) is 7.11 Å². The number of ether oxygens (including phenoxy) is 1. The largest absolute Gasteiger partial charge is 0.497 e. The molecule has 5 nitrogen and oxygen atoms in total. The first kappa shape index (κ1) is 19.9. The Bertz CT molecular complexity index is 1010. The normalized spacial score (nSPS) is 17.2. The fourth-order valence-corrected chi connectivity index (χ4v) is 4.53. The zero-order valence-corrected chi connectivity index (χ0v) is 18.1. The second kappa shape index (κ2) is 8.51. The molecule has 1 atom stereocenters. The van der Waals surface area contributed by atoms with E-state index < -0.39 is 0 Å². The molecule has 152 valence electrons. The second-order valence-corrected chi connectivity index (χ2v) is 8.19. The highest BCUT2D eigenvalue weighted by Crippen LogP contribution is 2.32. The summed E-state index contributed by atoms with van der Waals surface area (Å²) < 4.78 is 10.2. The van der Waals surface area contributed by atoms with Gasteiger partial charge in [-0.2, -0.15) is 5.10 Å². The molecule has 1 aliphatic rings. The Morgan fingerprint density at radius 2 is 1.83 bits per heavy atom. The maximum absolute atomic E-state index is 5.84. The Kier molecular flexibility index (Phi) is 5.83. The SMILES string of the molecule is COc1ccc(-c2nn(CN3CCCC3c3ccccc3)c(=S)n2C(C)C)cc1. The highest BCUT2D eigenvalue weighted by atomic mass is 32.1. The first-order valence-electron chi connectivity index (χ1n) is 10.2. The van der Waals surface area contributed by atoms with Crippen LogP contribution in [0.3, 0.4) is 0 Å². The van der Waals surface area contributed by atoms with Crippen molar-refractivity contribution in [2.45, 2.75) is 45.4 Å². The van der Waals surface area contributed by atoms with Crippen molar-refractivity contribution < 1.29 is 4.74 Å². The van der Waals surface area contributed by atoms with Gasteiger partial charge in [-0.15, -0.1) is 0 Å². The third-order valence-corrected chi connectivity index (χ3v) is 6.01. The van der Waals surface area contributed by atoms with Crippen molar-refractivity contribution in [2.75, 3.05) is 13.7 Å². The lowest BCUT2D eigenvalue weighted by molar-refractivity contribution is 0.189. The van der Waals surface area contributed by atoms with Crippen molar-refractivity contribution in [3.05, 3.63) is 64.9 Å². The smallest absolute Gasteiger partial charge is 0.199 e. The molecule has 6 heteroatoms. The van der Waals surface area contributed by atoms with Crippen LogP contribution < -0.4 is 4.74 Å². The van der Waals surface area contributed by atoms with E-state index in [0.29, 0.717) is 12.7 Å². The molecule has 0 N–H and O–H groups in total. The molecular weight excluding hydrogens is 380 g/mol. The third kappa shape index (κ3) is 4.00. The minimum absolute atomic E-state index is 0.233. The molecule has 29 heavy (non-hydrogen) atoms. The summed E-state index contributed by atoms with van der Waals surface area (Å²) in [6.45, 7) is 6.07. The molecule has 0 saturated carbocycles. The highest BCUT2D eigenvalue weighted by molar-refractivity contribution is 7.71. The van der Waals surface area contributed by atoms with Crippen molar-refractivity contribution >= 4 is 12.2 Å². The van der Waals surface area contributed by atoms with E-state index in [1.807, 2.05) is 28.9 Å². The summed E-state index contributed by atoms with van der Waals surface area (Å²) in [6, 6.07) is 19.4. The topological polar surface area (TPSA) is 35.2 Å². The van der Waals surface area contributed by atoms with Gasteiger partial charge in [0.2, 0.25) is 0 Å². The van der Waals surface area contributed by atoms with E-state index in [9.17, 15) is 0 Å². The molecule has 1 fully saturated rings. The average molecular weight is 409 g/mol. The van der Waals surface area contributed by atoms with Crippen molar-refractivity contribution in [1.82, 2.24) is 19.2 Å². The highest BCUT2D eigenvalue weighted by Gasteiger charge is 2.27. The van der Waals surface area contributed by atoms with Crippen LogP contribution in [0.5, 0.6) is 5.75 Å². The number of aromatic nitrogens is 3. The standard InChI is InChI=1S/C23H28N4OS/c1-17(2)27-22(19-11-13-20(28-3)14-12-19)24-26(23(27)29)16-25-15-7-10-21(25)18-8-5-4-6-9-18/h4-6,8-9,11-14,17,21H,7,10,15-16H2,1-3H3. The Morgan fingerprint density at radius 3 is 2.48 bits per heavy atom. The molecule has 4 rings (SSSR count). The molecule has 0 amide bonds. The van der Waals surface area contributed by atoms with Gasteiger partial charge in [0, 0.05) is 24.2 Å². The second-order valence-electron chi connectivity index (χ2n) is 7.82. The predicted octanol–water partition coefficient (Wildman–Crippen LogP) is 5.47. The van der Waals surface area contributed by atoms with Gasteiger partial charge in [0.15, 0.2) is 10.6 Å². The van der Waals surface area contributed by atoms with Gasteiger partial charge in [-0.1, -0.05) is 30.3 Å². The van der Waals surface area contributed by atoms with Crippen molar-refractivity contribution in [1.29, 1.82) is 0 Å². The van der Waals surface area contributed by atoms with Gasteiger partial charge in [-0.05, 0) is 68.7 Å². The zero-order chi connectivity index (χ0) is 20.4. The quantitative estimate of drug-likeness (QED) is 0.507. The van der Waals surface area contributed by atoms with Crippen molar-refractivity contribution in [2.24, 2.45) is 0 Å². The molecule has 0 spiro atoms. The van der Waals surface area contributed by atoms with Gasteiger partial charge in [0.25, 0.3) is 0 Å². The first-order valence-corrected chi connectivity index (χ1v) is 10.6. The monoisotopic (exact) mass is 408 g/mol. The molecule has 0 aliphatic carbocycles. The Labute approximate surface area is 177 Å². The maximum Gasteiger partial charge on any atom is 0.199 e. The van der Waals surface area contributed by atoms with Crippen LogP contribution in [0.1, 0.15) is 44.3 Å². The Morgan fingerprint density at radius 1 is 1.10 bits per heavy atom. The van der Waals surface area contributed by atoms with Crippen molar-refractivity contribution in [3.8, 4) is 17.1 Å². The lowest BCUT2D eigenvalue weighted by Gasteiger charge is -2.24. The van der Waals surface area contributed by atoms with Crippen LogP contribution in [0.4, 0.5) is 0 Å². The minimum Gasteiger partial charge on any atom is -0.497 e. The minimum atomic E-state index is 0.233. The number of methoxy groups -OCH3 is 1. The molecule has 1 saturated heterocycles. The number of likely N-dealkylation sites (tertiary alicyclic amines) is 1. The summed E-state index contributed by atoms with van der Waals surface area (Å²) in [5.74, 6) is 1.74. The van der Waals surface area contributed by atoms with Crippen LogP contribution >= 0.6 is 12.2 Å². The third-order valence-electron chi connectivity index (χ3n) is 5.60. The molecule has 2 aromatic carbocycles. The molecule has 1 aromatic heterocycles. The van der Waals surface area contributed by atoms with E-state index >= 15 is 0 Å². The number of nitrogens with zero attached hydrogens (tertiary/aromatic N) is 4. The summed E-state index contributed by atoms with van der Waals surface area (Å²) in [6.07, 6.45) is 2.37. The molecule has 3 aromatic rings. The van der Waals surface area contributed by atoms with E-state index in [4.69, 9.17) is 22.1 Å². The van der Waals surface area contributed by atoms with Crippen LogP contribution in [0.25, 0.3) is 11.4 Å². The van der Waals surface area contributed by atoms with Crippen LogP contribution in [0, 0.1) is 4.77 Å². The number of hydrogen-bond acceptors (Lipinski definition) is 4. The Balaban J connectivity index is 1.66. The van der Waals surface area contributed by atoms with Crippen molar-refractivity contribution in [3.63, 3.8) is 0 Å². The molecule has 2 heterocycles. The van der Waals surface area contributed by atoms with Crippen LogP contribution in [-0.2, 0) is 6.67 Å². The molecule has 0 radical (unpaired) electrons. The van der Waals surface area contributed by atoms with Gasteiger partial charge in [-0.3, -0.25) is 9.47 Å².